The van der Waals surface area contributed by atoms with Gasteiger partial charge in [0, 0.05) is 37.3 Å². The minimum absolute atomic E-state index is 0.111. The van der Waals surface area contributed by atoms with Gasteiger partial charge < -0.3 is 10.2 Å². The molecular weight excluding hydrogens is 601 g/mol. The van der Waals surface area contributed by atoms with E-state index in [0.29, 0.717) is 16.7 Å². The summed E-state index contributed by atoms with van der Waals surface area (Å²) in [5.74, 6) is 2.01. The van der Waals surface area contributed by atoms with Crippen LogP contribution in [0.2, 0.25) is 0 Å². The molecule has 0 spiro atoms. The van der Waals surface area contributed by atoms with Gasteiger partial charge in [-0.15, -0.1) is 23.5 Å². The zero-order chi connectivity index (χ0) is 34.9. The highest BCUT2D eigenvalue weighted by molar-refractivity contribution is 8.00. The van der Waals surface area contributed by atoms with E-state index in [9.17, 15) is 10.2 Å². The van der Waals surface area contributed by atoms with Gasteiger partial charge in [0.05, 0.1) is 0 Å². The predicted octanol–water partition coefficient (Wildman–Crippen LogP) is 13.9. The highest BCUT2D eigenvalue weighted by Crippen LogP contribution is 2.44. The van der Waals surface area contributed by atoms with Crippen molar-refractivity contribution >= 4 is 23.5 Å². The van der Waals surface area contributed by atoms with Crippen LogP contribution in [0.5, 0.6) is 11.5 Å². The first-order valence-corrected chi connectivity index (χ1v) is 20.1. The predicted molar refractivity (Wildman–Crippen MR) is 208 cm³/mol. The van der Waals surface area contributed by atoms with Crippen LogP contribution in [0, 0.1) is 0 Å². The monoisotopic (exact) mass is 670 g/mol. The molecule has 0 saturated heterocycles. The van der Waals surface area contributed by atoms with E-state index in [0.717, 1.165) is 34.4 Å². The maximum Gasteiger partial charge on any atom is 0.123 e. The van der Waals surface area contributed by atoms with E-state index in [1.165, 1.54) is 74.0 Å². The Hall–Kier alpha value is -1.26. The lowest BCUT2D eigenvalue weighted by molar-refractivity contribution is 0.421. The molecule has 2 rings (SSSR count). The van der Waals surface area contributed by atoms with Crippen molar-refractivity contribution in [3.63, 3.8) is 0 Å². The molecule has 0 heterocycles. The van der Waals surface area contributed by atoms with Crippen LogP contribution >= 0.6 is 23.5 Å². The van der Waals surface area contributed by atoms with E-state index in [4.69, 9.17) is 0 Å². The fourth-order valence-electron chi connectivity index (χ4n) is 6.12. The lowest BCUT2D eigenvalue weighted by atomic mass is 9.79. The molecule has 0 aliphatic heterocycles. The quantitative estimate of drug-likeness (QED) is 0.138. The van der Waals surface area contributed by atoms with Gasteiger partial charge in [0.2, 0.25) is 0 Å². The lowest BCUT2D eigenvalue weighted by Crippen LogP contribution is -2.17. The van der Waals surface area contributed by atoms with Gasteiger partial charge in [-0.1, -0.05) is 141 Å². The maximum absolute atomic E-state index is 11.3. The topological polar surface area (TPSA) is 40.5 Å². The highest BCUT2D eigenvalue weighted by Gasteiger charge is 2.28. The third-order valence-corrected chi connectivity index (χ3v) is 11.4. The Labute approximate surface area is 293 Å². The van der Waals surface area contributed by atoms with Crippen LogP contribution in [0.15, 0.2) is 34.1 Å². The molecule has 1 atom stereocenters. The second-order valence-corrected chi connectivity index (χ2v) is 20.3. The molecule has 2 nitrogen and oxygen atoms in total. The van der Waals surface area contributed by atoms with Gasteiger partial charge in [-0.3, -0.25) is 0 Å². The molecule has 46 heavy (non-hydrogen) atoms. The number of phenols is 2. The molecule has 0 fully saturated rings. The van der Waals surface area contributed by atoms with Crippen molar-refractivity contribution in [3.05, 3.63) is 46.5 Å². The van der Waals surface area contributed by atoms with Crippen molar-refractivity contribution in [1.29, 1.82) is 0 Å². The third kappa shape index (κ3) is 13.0. The van der Waals surface area contributed by atoms with Crippen molar-refractivity contribution in [2.75, 3.05) is 5.75 Å². The van der Waals surface area contributed by atoms with Crippen LogP contribution in [0.1, 0.15) is 183 Å². The van der Waals surface area contributed by atoms with Crippen LogP contribution in [-0.2, 0) is 21.7 Å². The average molecular weight is 671 g/mol. The lowest BCUT2D eigenvalue weighted by Gasteiger charge is -2.29. The standard InChI is InChI=1S/C42H70O2S2/c1-14-15-16-17-18-19-20-21-23-30(46-32-28-35(41(8,9)10)38(44)36(29-32)42(11,12)13)24-22-25-45-31-26-33(39(2,3)4)37(43)34(27-31)40(5,6)7/h26-30,43-44H,14-25H2,1-13H3. The van der Waals surface area contributed by atoms with E-state index in [1.807, 2.05) is 23.5 Å². The van der Waals surface area contributed by atoms with Crippen LogP contribution in [-0.4, -0.2) is 21.2 Å². The summed E-state index contributed by atoms with van der Waals surface area (Å²) >= 11 is 3.98. The molecule has 0 radical (unpaired) electrons. The summed E-state index contributed by atoms with van der Waals surface area (Å²) in [6, 6.07) is 8.98. The van der Waals surface area contributed by atoms with Gasteiger partial charge in [0.25, 0.3) is 0 Å². The maximum atomic E-state index is 11.3. The Kier molecular flexibility index (Phi) is 15.5. The fraction of sp³-hybridized carbons (Fsp3) is 0.714. The van der Waals surface area contributed by atoms with Gasteiger partial charge >= 0.3 is 0 Å². The first-order chi connectivity index (χ1) is 21.2. The number of hydrogen-bond acceptors (Lipinski definition) is 4. The molecule has 0 saturated carbocycles. The summed E-state index contributed by atoms with van der Waals surface area (Å²) in [6.45, 7) is 28.7. The summed E-state index contributed by atoms with van der Waals surface area (Å²) in [4.78, 5) is 2.57. The van der Waals surface area contributed by atoms with E-state index >= 15 is 0 Å². The van der Waals surface area contributed by atoms with Crippen molar-refractivity contribution in [2.45, 2.75) is 197 Å². The minimum Gasteiger partial charge on any atom is -0.507 e. The van der Waals surface area contributed by atoms with Crippen LogP contribution in [0.3, 0.4) is 0 Å². The molecule has 0 amide bonds. The first kappa shape index (κ1) is 40.9. The van der Waals surface area contributed by atoms with Crippen LogP contribution in [0.25, 0.3) is 0 Å². The second kappa shape index (κ2) is 17.4. The number of unbranched alkanes of at least 4 members (excludes halogenated alkanes) is 7. The Morgan fingerprint density at radius 1 is 0.500 bits per heavy atom. The summed E-state index contributed by atoms with van der Waals surface area (Å²) in [7, 11) is 0. The van der Waals surface area contributed by atoms with Gasteiger partial charge in [0.15, 0.2) is 0 Å². The summed E-state index contributed by atoms with van der Waals surface area (Å²) < 4.78 is 0. The van der Waals surface area contributed by atoms with Gasteiger partial charge in [-0.25, -0.2) is 0 Å². The number of hydrogen-bond donors (Lipinski definition) is 2. The number of rotatable bonds is 16. The Morgan fingerprint density at radius 3 is 1.24 bits per heavy atom. The van der Waals surface area contributed by atoms with Gasteiger partial charge in [-0.05, 0) is 70.9 Å². The molecule has 0 aromatic heterocycles. The van der Waals surface area contributed by atoms with Gasteiger partial charge in [0.1, 0.15) is 11.5 Å². The summed E-state index contributed by atoms with van der Waals surface area (Å²) in [5, 5.41) is 23.0. The van der Waals surface area contributed by atoms with Crippen LogP contribution < -0.4 is 0 Å². The molecule has 2 N–H and O–H groups in total. The summed E-state index contributed by atoms with van der Waals surface area (Å²) in [5.41, 5.74) is 3.74. The SMILES string of the molecule is CCCCCCCCCCC(CCCSc1cc(C(C)(C)C)c(O)c(C(C)(C)C)c1)Sc1cc(C(C)(C)C)c(O)c(C(C)(C)C)c1. The highest BCUT2D eigenvalue weighted by atomic mass is 32.2. The third-order valence-electron chi connectivity index (χ3n) is 9.02. The Balaban J connectivity index is 2.23. The number of phenolic OH excluding ortho intramolecular Hbond substituents is 2. The molecule has 2 aromatic rings. The zero-order valence-corrected chi connectivity index (χ0v) is 33.7. The molecule has 0 aliphatic rings. The van der Waals surface area contributed by atoms with Crippen molar-refractivity contribution in [3.8, 4) is 11.5 Å². The number of benzene rings is 2. The minimum atomic E-state index is -0.119. The Bertz CT molecular complexity index is 1150. The number of aromatic hydroxyl groups is 2. The van der Waals surface area contributed by atoms with Crippen molar-refractivity contribution in [1.82, 2.24) is 0 Å². The van der Waals surface area contributed by atoms with E-state index in [-0.39, 0.29) is 21.7 Å². The fourth-order valence-corrected chi connectivity index (χ4v) is 8.39. The van der Waals surface area contributed by atoms with Crippen molar-refractivity contribution in [2.24, 2.45) is 0 Å². The van der Waals surface area contributed by atoms with E-state index in [1.54, 1.807) is 0 Å². The van der Waals surface area contributed by atoms with Crippen molar-refractivity contribution < 1.29 is 10.2 Å². The number of thioether (sulfide) groups is 2. The van der Waals surface area contributed by atoms with Gasteiger partial charge in [-0.2, -0.15) is 0 Å². The molecular formula is C42H70O2S2. The smallest absolute Gasteiger partial charge is 0.123 e. The molecule has 262 valence electrons. The second-order valence-electron chi connectivity index (χ2n) is 17.7. The molecule has 1 unspecified atom stereocenters. The molecule has 4 heteroatoms. The first-order valence-electron chi connectivity index (χ1n) is 18.2. The Morgan fingerprint density at radius 2 is 0.848 bits per heavy atom. The molecule has 0 bridgehead atoms. The van der Waals surface area contributed by atoms with Crippen LogP contribution in [0.4, 0.5) is 0 Å². The molecule has 2 aromatic carbocycles. The van der Waals surface area contributed by atoms with E-state index < -0.39 is 0 Å². The zero-order valence-electron chi connectivity index (χ0n) is 32.1. The normalized spacial score (nSPS) is 13.8. The van der Waals surface area contributed by atoms with E-state index in [2.05, 4.69) is 114 Å². The largest absolute Gasteiger partial charge is 0.507 e. The summed E-state index contributed by atoms with van der Waals surface area (Å²) in [6.07, 6.45) is 14.4. The average Bonchev–Trinajstić information content (AvgIpc) is 2.91. The molecule has 0 aliphatic carbocycles.